The molecule has 3 fully saturated rings. The van der Waals surface area contributed by atoms with Gasteiger partial charge < -0.3 is 4.90 Å². The minimum absolute atomic E-state index is 0.0672. The van der Waals surface area contributed by atoms with Crippen molar-refractivity contribution in [2.24, 2.45) is 28.6 Å². The number of hydrogen-bond acceptors (Lipinski definition) is 2. The number of nitrogens with zero attached hydrogens (tertiary/aromatic N) is 1. The number of hydrogen-bond donors (Lipinski definition) is 0. The van der Waals surface area contributed by atoms with Crippen LogP contribution in [0.1, 0.15) is 78.1 Å². The predicted octanol–water partition coefficient (Wildman–Crippen LogP) is 5.07. The SMILES string of the molecule is C[C@]12CCC(=O)C=C1CC[C@@H]1[C@@H]2CC[C@]2(C)C(C(=O)N3CCCCC3)=CC[C@@H]12. The Morgan fingerprint density at radius 2 is 1.79 bits per heavy atom. The molecule has 2 saturated carbocycles. The second-order valence-corrected chi connectivity index (χ2v) is 10.6. The van der Waals surface area contributed by atoms with Crippen molar-refractivity contribution >= 4 is 11.7 Å². The van der Waals surface area contributed by atoms with E-state index in [1.54, 1.807) is 0 Å². The van der Waals surface area contributed by atoms with Crippen LogP contribution in [-0.4, -0.2) is 29.7 Å². The average Bonchev–Trinajstić information content (AvgIpc) is 3.06. The molecule has 4 aliphatic carbocycles. The highest BCUT2D eigenvalue weighted by Gasteiger charge is 2.58. The number of carbonyl (C=O) groups is 2. The van der Waals surface area contributed by atoms with E-state index in [0.717, 1.165) is 63.6 Å². The molecule has 5 atom stereocenters. The minimum atomic E-state index is 0.0672. The van der Waals surface area contributed by atoms with Crippen molar-refractivity contribution in [3.05, 3.63) is 23.3 Å². The van der Waals surface area contributed by atoms with Crippen LogP contribution in [0.5, 0.6) is 0 Å². The van der Waals surface area contributed by atoms with Gasteiger partial charge in [-0.25, -0.2) is 0 Å². The van der Waals surface area contributed by atoms with Crippen molar-refractivity contribution < 1.29 is 9.59 Å². The van der Waals surface area contributed by atoms with Crippen LogP contribution in [0.3, 0.4) is 0 Å². The fraction of sp³-hybridized carbons (Fsp3) is 0.760. The molecule has 3 nitrogen and oxygen atoms in total. The number of ketones is 1. The Balaban J connectivity index is 1.40. The molecule has 152 valence electrons. The number of fused-ring (bicyclic) bond motifs is 5. The van der Waals surface area contributed by atoms with Crippen molar-refractivity contribution in [1.82, 2.24) is 4.90 Å². The highest BCUT2D eigenvalue weighted by atomic mass is 16.2. The zero-order valence-electron chi connectivity index (χ0n) is 17.6. The number of carbonyl (C=O) groups excluding carboxylic acids is 2. The Bertz CT molecular complexity index is 759. The summed E-state index contributed by atoms with van der Waals surface area (Å²) in [4.78, 5) is 27.5. The summed E-state index contributed by atoms with van der Waals surface area (Å²) < 4.78 is 0. The summed E-state index contributed by atoms with van der Waals surface area (Å²) in [6.07, 6.45) is 15.4. The Labute approximate surface area is 169 Å². The first-order valence-electron chi connectivity index (χ1n) is 11.7. The van der Waals surface area contributed by atoms with Crippen molar-refractivity contribution in [3.63, 3.8) is 0 Å². The predicted molar refractivity (Wildman–Crippen MR) is 111 cm³/mol. The van der Waals surface area contributed by atoms with E-state index in [4.69, 9.17) is 0 Å². The molecular weight excluding hydrogens is 346 g/mol. The van der Waals surface area contributed by atoms with Crippen molar-refractivity contribution in [2.75, 3.05) is 13.1 Å². The molecule has 0 aromatic heterocycles. The van der Waals surface area contributed by atoms with Crippen LogP contribution >= 0.6 is 0 Å². The van der Waals surface area contributed by atoms with E-state index in [-0.39, 0.29) is 10.8 Å². The first-order valence-corrected chi connectivity index (χ1v) is 11.7. The molecule has 0 unspecified atom stereocenters. The summed E-state index contributed by atoms with van der Waals surface area (Å²) in [7, 11) is 0. The lowest BCUT2D eigenvalue weighted by molar-refractivity contribution is -0.130. The van der Waals surface area contributed by atoms with Gasteiger partial charge in [0.25, 0.3) is 0 Å². The van der Waals surface area contributed by atoms with Gasteiger partial charge >= 0.3 is 0 Å². The third-order valence-electron chi connectivity index (χ3n) is 9.42. The molecule has 1 amide bonds. The minimum Gasteiger partial charge on any atom is -0.339 e. The number of likely N-dealkylation sites (tertiary alicyclic amines) is 1. The topological polar surface area (TPSA) is 37.4 Å². The van der Waals surface area contributed by atoms with Gasteiger partial charge in [0.1, 0.15) is 0 Å². The monoisotopic (exact) mass is 381 g/mol. The van der Waals surface area contributed by atoms with Crippen LogP contribution in [0, 0.1) is 28.6 Å². The standard InChI is InChI=1S/C25H35NO2/c1-24-12-10-18(27)16-17(24)6-7-19-20-8-9-22(25(20,2)13-11-21(19)24)23(28)26-14-4-3-5-15-26/h9,16,19-21H,3-8,10-15H2,1-2H3/t19-,20-,21-,24-,25-/m0/s1. The summed E-state index contributed by atoms with van der Waals surface area (Å²) in [5.41, 5.74) is 2.86. The number of allylic oxidation sites excluding steroid dienone is 3. The molecule has 5 rings (SSSR count). The molecule has 28 heavy (non-hydrogen) atoms. The fourth-order valence-corrected chi connectivity index (χ4v) is 7.73. The number of piperidine rings is 1. The highest BCUT2D eigenvalue weighted by Crippen LogP contribution is 2.65. The van der Waals surface area contributed by atoms with E-state index in [1.807, 2.05) is 6.08 Å². The summed E-state index contributed by atoms with van der Waals surface area (Å²) in [6.45, 7) is 6.73. The maximum atomic E-state index is 13.4. The maximum absolute atomic E-state index is 13.4. The van der Waals surface area contributed by atoms with Crippen LogP contribution in [0.4, 0.5) is 0 Å². The largest absolute Gasteiger partial charge is 0.339 e. The second kappa shape index (κ2) is 6.57. The van der Waals surface area contributed by atoms with E-state index in [1.165, 1.54) is 24.8 Å². The van der Waals surface area contributed by atoms with Gasteiger partial charge in [0.15, 0.2) is 5.78 Å². The lowest BCUT2D eigenvalue weighted by atomic mass is 9.47. The van der Waals surface area contributed by atoms with E-state index in [0.29, 0.717) is 29.4 Å². The Kier molecular flexibility index (Phi) is 4.37. The zero-order chi connectivity index (χ0) is 19.5. The average molecular weight is 382 g/mol. The van der Waals surface area contributed by atoms with Crippen LogP contribution in [0.15, 0.2) is 23.3 Å². The Morgan fingerprint density at radius 1 is 1.00 bits per heavy atom. The second-order valence-electron chi connectivity index (χ2n) is 10.6. The molecule has 1 heterocycles. The van der Waals surface area contributed by atoms with Crippen LogP contribution in [0.2, 0.25) is 0 Å². The quantitative estimate of drug-likeness (QED) is 0.636. The fourth-order valence-electron chi connectivity index (χ4n) is 7.73. The maximum Gasteiger partial charge on any atom is 0.250 e. The first kappa shape index (κ1) is 18.6. The summed E-state index contributed by atoms with van der Waals surface area (Å²) in [5, 5.41) is 0. The van der Waals surface area contributed by atoms with Crippen LogP contribution in [-0.2, 0) is 9.59 Å². The van der Waals surface area contributed by atoms with Gasteiger partial charge in [0.05, 0.1) is 0 Å². The van der Waals surface area contributed by atoms with Crippen LogP contribution < -0.4 is 0 Å². The lowest BCUT2D eigenvalue weighted by Gasteiger charge is -2.57. The normalized spacial score (nSPS) is 42.9. The van der Waals surface area contributed by atoms with Gasteiger partial charge in [-0.05, 0) is 87.0 Å². The van der Waals surface area contributed by atoms with Gasteiger partial charge in [-0.1, -0.05) is 25.5 Å². The first-order chi connectivity index (χ1) is 13.4. The summed E-state index contributed by atoms with van der Waals surface area (Å²) >= 11 is 0. The van der Waals surface area contributed by atoms with Gasteiger partial charge in [-0.2, -0.15) is 0 Å². The van der Waals surface area contributed by atoms with Gasteiger partial charge in [0, 0.05) is 30.5 Å². The lowest BCUT2D eigenvalue weighted by Crippen LogP contribution is -2.51. The third kappa shape index (κ3) is 2.60. The third-order valence-corrected chi connectivity index (χ3v) is 9.42. The summed E-state index contributed by atoms with van der Waals surface area (Å²) in [5.74, 6) is 2.69. The molecule has 1 saturated heterocycles. The van der Waals surface area contributed by atoms with Gasteiger partial charge in [0.2, 0.25) is 5.91 Å². The van der Waals surface area contributed by atoms with Crippen molar-refractivity contribution in [1.29, 1.82) is 0 Å². The zero-order valence-corrected chi connectivity index (χ0v) is 17.6. The summed E-state index contributed by atoms with van der Waals surface area (Å²) in [6, 6.07) is 0. The molecule has 0 aromatic rings. The molecule has 0 spiro atoms. The molecule has 3 heteroatoms. The van der Waals surface area contributed by atoms with E-state index in [9.17, 15) is 9.59 Å². The van der Waals surface area contributed by atoms with Crippen LogP contribution in [0.25, 0.3) is 0 Å². The molecule has 0 bridgehead atoms. The Hall–Kier alpha value is -1.38. The van der Waals surface area contributed by atoms with Crippen molar-refractivity contribution in [2.45, 2.75) is 78.1 Å². The van der Waals surface area contributed by atoms with Gasteiger partial charge in [-0.15, -0.1) is 0 Å². The van der Waals surface area contributed by atoms with E-state index >= 15 is 0 Å². The molecule has 0 radical (unpaired) electrons. The number of rotatable bonds is 1. The molecular formula is C25H35NO2. The van der Waals surface area contributed by atoms with E-state index in [2.05, 4.69) is 24.8 Å². The van der Waals surface area contributed by atoms with Crippen molar-refractivity contribution in [3.8, 4) is 0 Å². The highest BCUT2D eigenvalue weighted by molar-refractivity contribution is 5.95. The van der Waals surface area contributed by atoms with Gasteiger partial charge in [-0.3, -0.25) is 9.59 Å². The van der Waals surface area contributed by atoms with E-state index < -0.39 is 0 Å². The molecule has 5 aliphatic rings. The molecule has 0 N–H and O–H groups in total. The Morgan fingerprint density at radius 3 is 2.57 bits per heavy atom. The smallest absolute Gasteiger partial charge is 0.250 e. The molecule has 0 aromatic carbocycles. The number of amides is 1. The molecule has 1 aliphatic heterocycles.